The van der Waals surface area contributed by atoms with Crippen LogP contribution in [0, 0.1) is 5.41 Å². The van der Waals surface area contributed by atoms with Crippen LogP contribution in [0.4, 0.5) is 0 Å². The summed E-state index contributed by atoms with van der Waals surface area (Å²) in [7, 11) is -4.00. The van der Waals surface area contributed by atoms with Crippen molar-refractivity contribution in [2.24, 2.45) is 21.1 Å². The second kappa shape index (κ2) is 13.3. The molecule has 1 saturated heterocycles. The number of aliphatic hydroxyl groups excluding tert-OH is 2. The molecule has 232 valence electrons. The first-order valence-corrected chi connectivity index (χ1v) is 16.1. The first-order chi connectivity index (χ1) is 19.8. The van der Waals surface area contributed by atoms with Crippen molar-refractivity contribution in [3.8, 4) is 0 Å². The van der Waals surface area contributed by atoms with Crippen LogP contribution < -0.4 is 10.8 Å². The molecular weight excluding hydrogens is 611 g/mol. The number of nitrogens with zero attached hydrogens (tertiary/aromatic N) is 4. The summed E-state index contributed by atoms with van der Waals surface area (Å²) in [5, 5.41) is 34.2. The highest BCUT2D eigenvalue weighted by Gasteiger charge is 2.56. The van der Waals surface area contributed by atoms with Gasteiger partial charge in [0.05, 0.1) is 25.2 Å². The molecule has 6 atom stereocenters. The average Bonchev–Trinajstić information content (AvgIpc) is 3.47. The van der Waals surface area contributed by atoms with E-state index in [1.54, 1.807) is 26.2 Å². The lowest BCUT2D eigenvalue weighted by Gasteiger charge is -2.35. The Kier molecular flexibility index (Phi) is 10.4. The van der Waals surface area contributed by atoms with Crippen LogP contribution in [0.2, 0.25) is 0 Å². The summed E-state index contributed by atoms with van der Waals surface area (Å²) in [6.45, 7) is 3.96. The molecule has 3 aliphatic rings. The number of nitrogens with one attached hydrogen (secondary N) is 1. The van der Waals surface area contributed by atoms with Crippen molar-refractivity contribution in [1.29, 1.82) is 0 Å². The molecular formula is C25H36ClN6O8PS. The fraction of sp³-hybridized carbons (Fsp3) is 0.560. The summed E-state index contributed by atoms with van der Waals surface area (Å²) in [4.78, 5) is 23.4. The Balaban J connectivity index is 1.42. The van der Waals surface area contributed by atoms with E-state index in [1.807, 2.05) is 30.3 Å². The average molecular weight is 647 g/mol. The zero-order valence-corrected chi connectivity index (χ0v) is 25.8. The van der Waals surface area contributed by atoms with Crippen molar-refractivity contribution >= 4 is 48.1 Å². The van der Waals surface area contributed by atoms with Crippen molar-refractivity contribution < 1.29 is 38.5 Å². The molecule has 17 heteroatoms. The fourth-order valence-electron chi connectivity index (χ4n) is 4.19. The molecule has 0 aliphatic carbocycles. The number of hydrogen-bond acceptors (Lipinski definition) is 14. The summed E-state index contributed by atoms with van der Waals surface area (Å²) < 4.78 is 31.0. The number of fused-ring (bicyclic) bond motifs is 1. The molecule has 42 heavy (non-hydrogen) atoms. The topological polar surface area (TPSA) is 192 Å². The van der Waals surface area contributed by atoms with Gasteiger partial charge < -0.3 is 25.8 Å². The number of carbonyl (C=O) groups is 1. The first kappa shape index (κ1) is 32.9. The lowest BCUT2D eigenvalue weighted by molar-refractivity contribution is -0.119. The van der Waals surface area contributed by atoms with Crippen LogP contribution in [-0.4, -0.2) is 97.4 Å². The molecule has 0 saturated carbocycles. The summed E-state index contributed by atoms with van der Waals surface area (Å²) in [5.41, 5.74) is 2.99. The molecule has 4 rings (SSSR count). The Bertz CT molecular complexity index is 1270. The van der Waals surface area contributed by atoms with Gasteiger partial charge in [0.25, 0.3) is 0 Å². The van der Waals surface area contributed by atoms with E-state index in [1.165, 1.54) is 16.7 Å². The van der Waals surface area contributed by atoms with Crippen LogP contribution in [0.1, 0.15) is 26.3 Å². The van der Waals surface area contributed by atoms with Crippen molar-refractivity contribution in [2.75, 3.05) is 25.6 Å². The van der Waals surface area contributed by atoms with Crippen molar-refractivity contribution in [2.45, 2.75) is 57.0 Å². The van der Waals surface area contributed by atoms with Crippen LogP contribution in [0.15, 0.2) is 52.7 Å². The van der Waals surface area contributed by atoms with Crippen LogP contribution >= 0.6 is 31.1 Å². The Morgan fingerprint density at radius 3 is 2.67 bits per heavy atom. The van der Waals surface area contributed by atoms with E-state index in [-0.39, 0.29) is 42.5 Å². The number of hydrogen-bond donors (Lipinski definition) is 5. The Labute approximate surface area is 253 Å². The first-order valence-electron chi connectivity index (χ1n) is 13.1. The SMILES string of the molecule is CC(C)(CO)C(=O)SCCOP(=O)(NCc1ccccc1)OC[C@H]1O[C@@H](N2C=CN3C2=NC(N)=NC3Cl)C(C)(O)[C@H]1O. The van der Waals surface area contributed by atoms with Gasteiger partial charge in [-0.05, 0) is 26.3 Å². The minimum Gasteiger partial charge on any atom is -0.395 e. The zero-order chi connectivity index (χ0) is 30.7. The van der Waals surface area contributed by atoms with Gasteiger partial charge in [0.2, 0.25) is 17.5 Å². The maximum atomic E-state index is 13.7. The van der Waals surface area contributed by atoms with Crippen LogP contribution in [0.5, 0.6) is 0 Å². The summed E-state index contributed by atoms with van der Waals surface area (Å²) in [6.07, 6.45) is -0.563. The zero-order valence-electron chi connectivity index (χ0n) is 23.4. The van der Waals surface area contributed by atoms with E-state index in [9.17, 15) is 24.7 Å². The smallest absolute Gasteiger partial charge is 0.395 e. The molecule has 0 bridgehead atoms. The number of rotatable bonds is 13. The van der Waals surface area contributed by atoms with Gasteiger partial charge in [0.1, 0.15) is 17.8 Å². The number of halogens is 1. The van der Waals surface area contributed by atoms with Gasteiger partial charge in [-0.1, -0.05) is 53.7 Å². The number of nitrogens with two attached hydrogens (primary N) is 1. The third-order valence-corrected chi connectivity index (χ3v) is 9.84. The summed E-state index contributed by atoms with van der Waals surface area (Å²) in [6, 6.07) is 9.17. The lowest BCUT2D eigenvalue weighted by Crippen LogP contribution is -2.55. The monoisotopic (exact) mass is 646 g/mol. The Morgan fingerprint density at radius 1 is 1.29 bits per heavy atom. The highest BCUT2D eigenvalue weighted by molar-refractivity contribution is 8.13. The van der Waals surface area contributed by atoms with Crippen LogP contribution in [0.25, 0.3) is 0 Å². The molecule has 0 spiro atoms. The van der Waals surface area contributed by atoms with E-state index in [2.05, 4.69) is 15.1 Å². The second-order valence-corrected chi connectivity index (χ2v) is 13.9. The standard InChI is InChI=1S/C25H36ClN6O8PS/c1-24(2,15-33)20(35)42-12-11-38-41(37,28-13-16-7-5-4-6-8-16)39-14-17-18(34)25(3,36)19(40-17)31-9-10-32-21(26)29-22(27)30-23(31)32/h4-10,17-19,21,33-34,36H,11-15H2,1-3H3,(H2,27,29)(H,28,37)/t17-,18+,19-,21?,25?,41?/m1/s1. The molecule has 0 aromatic heterocycles. The number of alkyl halides is 1. The van der Waals surface area contributed by atoms with Crippen LogP contribution in [-0.2, 0) is 29.7 Å². The van der Waals surface area contributed by atoms with E-state index in [0.717, 1.165) is 17.3 Å². The summed E-state index contributed by atoms with van der Waals surface area (Å²) in [5.74, 6) is 0.350. The maximum Gasteiger partial charge on any atom is 0.405 e. The number of aliphatic hydroxyl groups is 3. The number of carbonyl (C=O) groups excluding carboxylic acids is 1. The number of aliphatic imine (C=N–C) groups is 2. The van der Waals surface area contributed by atoms with Crippen molar-refractivity contribution in [1.82, 2.24) is 14.9 Å². The summed E-state index contributed by atoms with van der Waals surface area (Å²) >= 11 is 7.18. The predicted molar refractivity (Wildman–Crippen MR) is 158 cm³/mol. The van der Waals surface area contributed by atoms with Gasteiger partial charge in [-0.2, -0.15) is 4.99 Å². The quantitative estimate of drug-likeness (QED) is 0.0893. The van der Waals surface area contributed by atoms with Crippen molar-refractivity contribution in [3.05, 3.63) is 48.3 Å². The van der Waals surface area contributed by atoms with Gasteiger partial charge in [0, 0.05) is 24.7 Å². The van der Waals surface area contributed by atoms with E-state index in [0.29, 0.717) is 0 Å². The lowest BCUT2D eigenvalue weighted by atomic mass is 9.96. The van der Waals surface area contributed by atoms with E-state index >= 15 is 0 Å². The minimum absolute atomic E-state index is 0.0598. The number of guanidine groups is 2. The molecule has 0 radical (unpaired) electrons. The van der Waals surface area contributed by atoms with Gasteiger partial charge in [-0.3, -0.25) is 23.6 Å². The third kappa shape index (κ3) is 7.36. The maximum absolute atomic E-state index is 13.7. The molecule has 1 aromatic carbocycles. The molecule has 3 unspecified atom stereocenters. The Hall–Kier alpha value is -2.04. The fourth-order valence-corrected chi connectivity index (χ4v) is 6.68. The highest BCUT2D eigenvalue weighted by atomic mass is 35.5. The molecule has 1 fully saturated rings. The highest BCUT2D eigenvalue weighted by Crippen LogP contribution is 2.46. The molecule has 14 nitrogen and oxygen atoms in total. The number of ether oxygens (including phenoxy) is 1. The number of thioether (sulfide) groups is 1. The van der Waals surface area contributed by atoms with Gasteiger partial charge in [0.15, 0.2) is 11.3 Å². The number of benzene rings is 1. The largest absolute Gasteiger partial charge is 0.405 e. The molecule has 0 amide bonds. The third-order valence-electron chi connectivity index (χ3n) is 6.79. The van der Waals surface area contributed by atoms with Crippen LogP contribution in [0.3, 0.4) is 0 Å². The van der Waals surface area contributed by atoms with Gasteiger partial charge in [-0.15, -0.1) is 0 Å². The van der Waals surface area contributed by atoms with E-state index < -0.39 is 49.4 Å². The van der Waals surface area contributed by atoms with Gasteiger partial charge in [-0.25, -0.2) is 14.6 Å². The normalized spacial score (nSPS) is 28.8. The minimum atomic E-state index is -4.00. The van der Waals surface area contributed by atoms with Gasteiger partial charge >= 0.3 is 7.75 Å². The molecule has 1 aromatic rings. The molecule has 3 heterocycles. The van der Waals surface area contributed by atoms with Crippen molar-refractivity contribution in [3.63, 3.8) is 0 Å². The Morgan fingerprint density at radius 2 is 1.98 bits per heavy atom. The second-order valence-electron chi connectivity index (χ2n) is 10.6. The predicted octanol–water partition coefficient (Wildman–Crippen LogP) is 1.33. The van der Waals surface area contributed by atoms with E-state index in [4.69, 9.17) is 31.1 Å². The molecule has 3 aliphatic heterocycles. The molecule has 6 N–H and O–H groups in total.